The van der Waals surface area contributed by atoms with Crippen molar-refractivity contribution < 1.29 is 4.74 Å². The Kier molecular flexibility index (Phi) is 6.22. The van der Waals surface area contributed by atoms with Crippen LogP contribution in [0.15, 0.2) is 11.6 Å². The molecule has 0 radical (unpaired) electrons. The zero-order valence-electron chi connectivity index (χ0n) is 11.9. The van der Waals surface area contributed by atoms with Gasteiger partial charge < -0.3 is 10.1 Å². The van der Waals surface area contributed by atoms with Crippen LogP contribution in [0, 0.1) is 0 Å². The lowest BCUT2D eigenvalue weighted by atomic mass is 9.94. The summed E-state index contributed by atoms with van der Waals surface area (Å²) < 4.78 is 5.91. The molecule has 2 heteroatoms. The molecule has 2 rings (SSSR count). The molecule has 104 valence electrons. The number of rotatable bonds is 5. The molecule has 1 saturated heterocycles. The Morgan fingerprint density at radius 2 is 2.22 bits per heavy atom. The van der Waals surface area contributed by atoms with Crippen LogP contribution >= 0.6 is 0 Å². The topological polar surface area (TPSA) is 21.3 Å². The Labute approximate surface area is 112 Å². The van der Waals surface area contributed by atoms with Gasteiger partial charge in [-0.05, 0) is 57.9 Å². The van der Waals surface area contributed by atoms with Gasteiger partial charge >= 0.3 is 0 Å². The van der Waals surface area contributed by atoms with Crippen molar-refractivity contribution in [1.82, 2.24) is 5.32 Å². The van der Waals surface area contributed by atoms with E-state index >= 15 is 0 Å². The van der Waals surface area contributed by atoms with E-state index in [-0.39, 0.29) is 0 Å². The van der Waals surface area contributed by atoms with Crippen molar-refractivity contribution >= 4 is 0 Å². The molecule has 18 heavy (non-hydrogen) atoms. The SMILES string of the molecule is CCNC(CC1CCCCO1)C1=CCCCCC1. The van der Waals surface area contributed by atoms with Crippen molar-refractivity contribution in [2.45, 2.75) is 76.9 Å². The molecule has 0 bridgehead atoms. The number of allylic oxidation sites excluding steroid dienone is 1. The molecule has 0 aromatic rings. The number of hydrogen-bond acceptors (Lipinski definition) is 2. The third-order valence-electron chi connectivity index (χ3n) is 4.25. The van der Waals surface area contributed by atoms with E-state index in [0.29, 0.717) is 12.1 Å². The van der Waals surface area contributed by atoms with Gasteiger partial charge in [0.2, 0.25) is 0 Å². The Balaban J connectivity index is 1.90. The lowest BCUT2D eigenvalue weighted by molar-refractivity contribution is 0.00718. The van der Waals surface area contributed by atoms with Crippen molar-refractivity contribution in [1.29, 1.82) is 0 Å². The van der Waals surface area contributed by atoms with Crippen LogP contribution in [0.25, 0.3) is 0 Å². The Bertz CT molecular complexity index is 256. The summed E-state index contributed by atoms with van der Waals surface area (Å²) >= 11 is 0. The fourth-order valence-electron chi connectivity index (χ4n) is 3.22. The Morgan fingerprint density at radius 3 is 3.00 bits per heavy atom. The normalized spacial score (nSPS) is 27.4. The summed E-state index contributed by atoms with van der Waals surface area (Å²) in [4.78, 5) is 0. The van der Waals surface area contributed by atoms with E-state index < -0.39 is 0 Å². The average molecular weight is 251 g/mol. The second kappa shape index (κ2) is 7.96. The summed E-state index contributed by atoms with van der Waals surface area (Å²) in [5, 5.41) is 3.68. The first-order valence-electron chi connectivity index (χ1n) is 7.94. The average Bonchev–Trinajstić information content (AvgIpc) is 2.68. The van der Waals surface area contributed by atoms with Gasteiger partial charge in [-0.2, -0.15) is 0 Å². The van der Waals surface area contributed by atoms with Crippen molar-refractivity contribution in [3.63, 3.8) is 0 Å². The number of hydrogen-bond donors (Lipinski definition) is 1. The van der Waals surface area contributed by atoms with Gasteiger partial charge in [0.1, 0.15) is 0 Å². The van der Waals surface area contributed by atoms with Crippen LogP contribution in [0.2, 0.25) is 0 Å². The molecule has 0 aromatic carbocycles. The summed E-state index contributed by atoms with van der Waals surface area (Å²) in [6.45, 7) is 4.25. The van der Waals surface area contributed by atoms with Gasteiger partial charge in [0, 0.05) is 12.6 Å². The lowest BCUT2D eigenvalue weighted by Gasteiger charge is -2.29. The first kappa shape index (κ1) is 14.1. The maximum Gasteiger partial charge on any atom is 0.0593 e. The zero-order chi connectivity index (χ0) is 12.6. The minimum absolute atomic E-state index is 0.493. The van der Waals surface area contributed by atoms with Gasteiger partial charge in [-0.15, -0.1) is 0 Å². The number of likely N-dealkylation sites (N-methyl/N-ethyl adjacent to an activating group) is 1. The molecule has 2 atom stereocenters. The molecule has 1 aliphatic heterocycles. The van der Waals surface area contributed by atoms with E-state index in [1.165, 1.54) is 57.8 Å². The van der Waals surface area contributed by atoms with Gasteiger partial charge in [-0.3, -0.25) is 0 Å². The molecular weight excluding hydrogens is 222 g/mol. The van der Waals surface area contributed by atoms with Crippen molar-refractivity contribution in [3.05, 3.63) is 11.6 Å². The van der Waals surface area contributed by atoms with E-state index in [4.69, 9.17) is 4.74 Å². The van der Waals surface area contributed by atoms with Gasteiger partial charge in [-0.25, -0.2) is 0 Å². The molecule has 0 spiro atoms. The van der Waals surface area contributed by atoms with Gasteiger partial charge in [-0.1, -0.05) is 25.0 Å². The summed E-state index contributed by atoms with van der Waals surface area (Å²) in [5.74, 6) is 0. The predicted molar refractivity (Wildman–Crippen MR) is 76.8 cm³/mol. The van der Waals surface area contributed by atoms with Crippen molar-refractivity contribution in [3.8, 4) is 0 Å². The van der Waals surface area contributed by atoms with Crippen LogP contribution < -0.4 is 5.32 Å². The van der Waals surface area contributed by atoms with Crippen LogP contribution in [0.5, 0.6) is 0 Å². The Hall–Kier alpha value is -0.340. The van der Waals surface area contributed by atoms with E-state index in [1.807, 2.05) is 0 Å². The zero-order valence-corrected chi connectivity index (χ0v) is 11.9. The van der Waals surface area contributed by atoms with E-state index in [1.54, 1.807) is 5.57 Å². The fourth-order valence-corrected chi connectivity index (χ4v) is 3.22. The number of ether oxygens (including phenoxy) is 1. The second-order valence-corrected chi connectivity index (χ2v) is 5.71. The van der Waals surface area contributed by atoms with E-state index in [2.05, 4.69) is 18.3 Å². The van der Waals surface area contributed by atoms with Crippen LogP contribution in [0.4, 0.5) is 0 Å². The summed E-state index contributed by atoms with van der Waals surface area (Å²) in [7, 11) is 0. The van der Waals surface area contributed by atoms with Gasteiger partial charge in [0.15, 0.2) is 0 Å². The highest BCUT2D eigenvalue weighted by Crippen LogP contribution is 2.25. The van der Waals surface area contributed by atoms with Crippen LogP contribution in [0.3, 0.4) is 0 Å². The maximum absolute atomic E-state index is 5.91. The highest BCUT2D eigenvalue weighted by atomic mass is 16.5. The van der Waals surface area contributed by atoms with Crippen molar-refractivity contribution in [2.75, 3.05) is 13.2 Å². The number of nitrogens with one attached hydrogen (secondary N) is 1. The quantitative estimate of drug-likeness (QED) is 0.750. The van der Waals surface area contributed by atoms with E-state index in [0.717, 1.165) is 13.2 Å². The highest BCUT2D eigenvalue weighted by Gasteiger charge is 2.21. The molecule has 1 heterocycles. The molecule has 0 saturated carbocycles. The lowest BCUT2D eigenvalue weighted by Crippen LogP contribution is -2.36. The first-order valence-corrected chi connectivity index (χ1v) is 7.94. The summed E-state index contributed by atoms with van der Waals surface area (Å²) in [6.07, 6.45) is 14.8. The smallest absolute Gasteiger partial charge is 0.0593 e. The molecule has 1 aliphatic carbocycles. The minimum atomic E-state index is 0.493. The minimum Gasteiger partial charge on any atom is -0.378 e. The van der Waals surface area contributed by atoms with Crippen LogP contribution in [-0.2, 0) is 4.74 Å². The molecule has 0 amide bonds. The summed E-state index contributed by atoms with van der Waals surface area (Å²) in [5.41, 5.74) is 1.66. The molecule has 0 aromatic heterocycles. The highest BCUT2D eigenvalue weighted by molar-refractivity contribution is 5.12. The summed E-state index contributed by atoms with van der Waals surface area (Å²) in [6, 6.07) is 0.566. The third-order valence-corrected chi connectivity index (χ3v) is 4.25. The fraction of sp³-hybridized carbons (Fsp3) is 0.875. The largest absolute Gasteiger partial charge is 0.378 e. The monoisotopic (exact) mass is 251 g/mol. The molecule has 1 N–H and O–H groups in total. The molecule has 1 fully saturated rings. The third kappa shape index (κ3) is 4.40. The molecule has 2 unspecified atom stereocenters. The van der Waals surface area contributed by atoms with E-state index in [9.17, 15) is 0 Å². The first-order chi connectivity index (χ1) is 8.90. The van der Waals surface area contributed by atoms with Crippen LogP contribution in [0.1, 0.15) is 64.7 Å². The van der Waals surface area contributed by atoms with Crippen LogP contribution in [-0.4, -0.2) is 25.3 Å². The Morgan fingerprint density at radius 1 is 1.28 bits per heavy atom. The standard InChI is InChI=1S/C16H29NO/c1-2-17-16(13-15-11-7-8-12-18-15)14-9-5-3-4-6-10-14/h9,15-17H,2-8,10-13H2,1H3. The maximum atomic E-state index is 5.91. The van der Waals surface area contributed by atoms with Gasteiger partial charge in [0.05, 0.1) is 6.10 Å². The molecule has 2 aliphatic rings. The predicted octanol–water partition coefficient (Wildman–Crippen LogP) is 3.81. The van der Waals surface area contributed by atoms with Crippen molar-refractivity contribution in [2.24, 2.45) is 0 Å². The molecule has 2 nitrogen and oxygen atoms in total. The van der Waals surface area contributed by atoms with Gasteiger partial charge in [0.25, 0.3) is 0 Å². The molecular formula is C16H29NO. The second-order valence-electron chi connectivity index (χ2n) is 5.71.